The minimum absolute atomic E-state index is 0.229. The lowest BCUT2D eigenvalue weighted by Crippen LogP contribution is -2.21. The van der Waals surface area contributed by atoms with Crippen molar-refractivity contribution < 1.29 is 0 Å². The van der Waals surface area contributed by atoms with Crippen LogP contribution in [0.1, 0.15) is 55.3 Å². The Bertz CT molecular complexity index is 384. The van der Waals surface area contributed by atoms with E-state index in [9.17, 15) is 0 Å². The minimum Gasteiger partial charge on any atom is -0.324 e. The summed E-state index contributed by atoms with van der Waals surface area (Å²) in [7, 11) is 0. The van der Waals surface area contributed by atoms with Crippen molar-refractivity contribution in [3.63, 3.8) is 0 Å². The molecule has 1 aromatic rings. The summed E-state index contributed by atoms with van der Waals surface area (Å²) in [6.07, 6.45) is 6.73. The molecule has 92 valence electrons. The molecule has 2 nitrogen and oxygen atoms in total. The Morgan fingerprint density at radius 3 is 2.71 bits per heavy atom. The van der Waals surface area contributed by atoms with Crippen LogP contribution in [0.15, 0.2) is 24.3 Å². The maximum Gasteiger partial charge on any atom is 0.0341 e. The lowest BCUT2D eigenvalue weighted by molar-refractivity contribution is 0.481. The van der Waals surface area contributed by atoms with Gasteiger partial charge in [0.25, 0.3) is 0 Å². The van der Waals surface area contributed by atoms with Gasteiger partial charge in [-0.2, -0.15) is 0 Å². The number of nitrogens with one attached hydrogen (secondary N) is 1. The van der Waals surface area contributed by atoms with Crippen molar-refractivity contribution >= 4 is 0 Å². The quantitative estimate of drug-likeness (QED) is 0.763. The Morgan fingerprint density at radius 1 is 1.18 bits per heavy atom. The monoisotopic (exact) mass is 230 g/mol. The third-order valence-corrected chi connectivity index (χ3v) is 4.14. The summed E-state index contributed by atoms with van der Waals surface area (Å²) < 4.78 is 0. The van der Waals surface area contributed by atoms with Crippen LogP contribution in [-0.2, 0) is 0 Å². The van der Waals surface area contributed by atoms with Gasteiger partial charge in [0.1, 0.15) is 0 Å². The molecule has 3 N–H and O–H groups in total. The smallest absolute Gasteiger partial charge is 0.0341 e. The predicted molar refractivity (Wildman–Crippen MR) is 70.7 cm³/mol. The fourth-order valence-corrected chi connectivity index (χ4v) is 2.94. The first-order valence-electron chi connectivity index (χ1n) is 6.92. The average Bonchev–Trinajstić information content (AvgIpc) is 3.12. The number of rotatable bonds is 5. The van der Waals surface area contributed by atoms with Crippen molar-refractivity contribution in [1.29, 1.82) is 0 Å². The zero-order valence-electron chi connectivity index (χ0n) is 10.4. The van der Waals surface area contributed by atoms with Crippen LogP contribution in [0.3, 0.4) is 0 Å². The summed E-state index contributed by atoms with van der Waals surface area (Å²) in [6, 6.07) is 9.32. The number of fused-ring (bicyclic) bond motifs is 1. The maximum atomic E-state index is 6.16. The van der Waals surface area contributed by atoms with Crippen LogP contribution >= 0.6 is 0 Å². The second-order valence-corrected chi connectivity index (χ2v) is 5.56. The lowest BCUT2D eigenvalue weighted by Gasteiger charge is -2.13. The summed E-state index contributed by atoms with van der Waals surface area (Å²) in [4.78, 5) is 0. The van der Waals surface area contributed by atoms with E-state index in [0.717, 1.165) is 18.9 Å². The van der Waals surface area contributed by atoms with Gasteiger partial charge in [0.2, 0.25) is 0 Å². The van der Waals surface area contributed by atoms with E-state index < -0.39 is 0 Å². The molecule has 0 amide bonds. The standard InChI is InChI=1S/C15H22N2/c16-14-10-15(13-6-2-1-5-12(13)14)17-9-3-4-11-7-8-11/h1-2,5-6,11,14-15,17H,3-4,7-10,16H2. The third-order valence-electron chi connectivity index (χ3n) is 4.14. The molecular formula is C15H22N2. The molecule has 3 rings (SSSR count). The first kappa shape index (κ1) is 11.2. The highest BCUT2D eigenvalue weighted by Crippen LogP contribution is 2.37. The molecule has 0 saturated heterocycles. The molecule has 17 heavy (non-hydrogen) atoms. The van der Waals surface area contributed by atoms with Gasteiger partial charge in [-0.05, 0) is 42.9 Å². The van der Waals surface area contributed by atoms with Gasteiger partial charge in [0.05, 0.1) is 0 Å². The Morgan fingerprint density at radius 2 is 1.94 bits per heavy atom. The molecule has 2 atom stereocenters. The summed E-state index contributed by atoms with van der Waals surface area (Å²) in [5, 5.41) is 3.67. The van der Waals surface area contributed by atoms with Gasteiger partial charge in [-0.1, -0.05) is 37.1 Å². The molecule has 2 unspecified atom stereocenters. The van der Waals surface area contributed by atoms with Crippen molar-refractivity contribution in [2.75, 3.05) is 6.54 Å². The van der Waals surface area contributed by atoms with E-state index in [4.69, 9.17) is 5.73 Å². The lowest BCUT2D eigenvalue weighted by atomic mass is 10.1. The fraction of sp³-hybridized carbons (Fsp3) is 0.600. The second-order valence-electron chi connectivity index (χ2n) is 5.56. The van der Waals surface area contributed by atoms with Crippen molar-refractivity contribution in [2.24, 2.45) is 11.7 Å². The zero-order chi connectivity index (χ0) is 11.7. The average molecular weight is 230 g/mol. The van der Waals surface area contributed by atoms with Crippen LogP contribution in [0.2, 0.25) is 0 Å². The minimum atomic E-state index is 0.229. The van der Waals surface area contributed by atoms with Crippen molar-refractivity contribution in [2.45, 2.75) is 44.2 Å². The molecule has 0 aromatic heterocycles. The number of hydrogen-bond acceptors (Lipinski definition) is 2. The first-order valence-corrected chi connectivity index (χ1v) is 6.92. The van der Waals surface area contributed by atoms with Crippen molar-refractivity contribution in [3.05, 3.63) is 35.4 Å². The number of hydrogen-bond donors (Lipinski definition) is 2. The van der Waals surface area contributed by atoms with Gasteiger partial charge in [0, 0.05) is 12.1 Å². The normalized spacial score (nSPS) is 27.1. The molecule has 0 bridgehead atoms. The van der Waals surface area contributed by atoms with Crippen LogP contribution < -0.4 is 11.1 Å². The molecule has 2 heteroatoms. The fourth-order valence-electron chi connectivity index (χ4n) is 2.94. The summed E-state index contributed by atoms with van der Waals surface area (Å²) in [5.41, 5.74) is 8.92. The molecule has 0 aliphatic heterocycles. The van der Waals surface area contributed by atoms with E-state index >= 15 is 0 Å². The highest BCUT2D eigenvalue weighted by molar-refractivity contribution is 5.37. The SMILES string of the molecule is NC1CC(NCCCC2CC2)c2ccccc21. The predicted octanol–water partition coefficient (Wildman–Crippen LogP) is 2.91. The molecule has 2 aliphatic carbocycles. The van der Waals surface area contributed by atoms with Crippen LogP contribution in [-0.4, -0.2) is 6.54 Å². The summed E-state index contributed by atoms with van der Waals surface area (Å²) in [6.45, 7) is 1.14. The second kappa shape index (κ2) is 4.79. The van der Waals surface area contributed by atoms with Gasteiger partial charge in [0.15, 0.2) is 0 Å². The van der Waals surface area contributed by atoms with E-state index in [-0.39, 0.29) is 6.04 Å². The van der Waals surface area contributed by atoms with Gasteiger partial charge in [-0.15, -0.1) is 0 Å². The number of benzene rings is 1. The molecule has 2 aliphatic rings. The Kier molecular flexibility index (Phi) is 3.17. The Balaban J connectivity index is 1.53. The van der Waals surface area contributed by atoms with E-state index in [2.05, 4.69) is 29.6 Å². The van der Waals surface area contributed by atoms with Crippen LogP contribution in [0.4, 0.5) is 0 Å². The Hall–Kier alpha value is -0.860. The zero-order valence-corrected chi connectivity index (χ0v) is 10.4. The van der Waals surface area contributed by atoms with E-state index in [0.29, 0.717) is 6.04 Å². The molecule has 1 fully saturated rings. The summed E-state index contributed by atoms with van der Waals surface area (Å²) in [5.74, 6) is 1.05. The van der Waals surface area contributed by atoms with Crippen molar-refractivity contribution in [3.8, 4) is 0 Å². The van der Waals surface area contributed by atoms with E-state index in [1.165, 1.54) is 36.8 Å². The summed E-state index contributed by atoms with van der Waals surface area (Å²) >= 11 is 0. The molecule has 0 radical (unpaired) electrons. The largest absolute Gasteiger partial charge is 0.324 e. The van der Waals surface area contributed by atoms with Gasteiger partial charge in [-0.25, -0.2) is 0 Å². The van der Waals surface area contributed by atoms with Crippen LogP contribution in [0.5, 0.6) is 0 Å². The van der Waals surface area contributed by atoms with E-state index in [1.54, 1.807) is 0 Å². The van der Waals surface area contributed by atoms with Gasteiger partial charge >= 0.3 is 0 Å². The van der Waals surface area contributed by atoms with Gasteiger partial charge in [-0.3, -0.25) is 0 Å². The number of nitrogens with two attached hydrogens (primary N) is 1. The Labute approximate surface area is 104 Å². The van der Waals surface area contributed by atoms with Crippen LogP contribution in [0.25, 0.3) is 0 Å². The van der Waals surface area contributed by atoms with Gasteiger partial charge < -0.3 is 11.1 Å². The first-order chi connectivity index (χ1) is 8.34. The van der Waals surface area contributed by atoms with Crippen molar-refractivity contribution in [1.82, 2.24) is 5.32 Å². The molecular weight excluding hydrogens is 208 g/mol. The maximum absolute atomic E-state index is 6.16. The highest BCUT2D eigenvalue weighted by Gasteiger charge is 2.27. The van der Waals surface area contributed by atoms with E-state index in [1.807, 2.05) is 0 Å². The van der Waals surface area contributed by atoms with Crippen LogP contribution in [0, 0.1) is 5.92 Å². The molecule has 1 saturated carbocycles. The molecule has 0 spiro atoms. The highest BCUT2D eigenvalue weighted by atomic mass is 14.9. The molecule has 0 heterocycles. The molecule has 1 aromatic carbocycles. The third kappa shape index (κ3) is 2.53. The topological polar surface area (TPSA) is 38.0 Å².